The second kappa shape index (κ2) is 11.3. The third kappa shape index (κ3) is 6.85. The van der Waals surface area contributed by atoms with E-state index in [0.717, 1.165) is 63.1 Å². The van der Waals surface area contributed by atoms with E-state index in [1.807, 2.05) is 24.1 Å². The van der Waals surface area contributed by atoms with Crippen molar-refractivity contribution in [3.05, 3.63) is 64.1 Å². The van der Waals surface area contributed by atoms with Gasteiger partial charge in [-0.15, -0.1) is 0 Å². The van der Waals surface area contributed by atoms with Gasteiger partial charge in [0.25, 0.3) is 5.69 Å². The summed E-state index contributed by atoms with van der Waals surface area (Å²) in [7, 11) is 1.96. The molecule has 0 atom stereocenters. The van der Waals surface area contributed by atoms with Crippen molar-refractivity contribution in [2.24, 2.45) is 4.99 Å². The number of aliphatic imine (C=N–C) groups is 1. The summed E-state index contributed by atoms with van der Waals surface area (Å²) in [5.41, 5.74) is 0.999. The van der Waals surface area contributed by atoms with Crippen LogP contribution in [-0.2, 0) is 17.8 Å². The third-order valence-corrected chi connectivity index (χ3v) is 4.93. The molecule has 30 heavy (non-hydrogen) atoms. The number of rotatable bonds is 9. The molecule has 9 heteroatoms. The molecule has 0 bridgehead atoms. The first-order valence-corrected chi connectivity index (χ1v) is 10.2. The number of hydrogen-bond donors (Lipinski definition) is 1. The maximum Gasteiger partial charge on any atom is 0.269 e. The van der Waals surface area contributed by atoms with Gasteiger partial charge < -0.3 is 19.4 Å². The lowest BCUT2D eigenvalue weighted by Crippen LogP contribution is -2.41. The summed E-state index contributed by atoms with van der Waals surface area (Å²) in [5.74, 6) is 1.63. The lowest BCUT2D eigenvalue weighted by atomic mass is 10.2. The van der Waals surface area contributed by atoms with E-state index >= 15 is 0 Å². The van der Waals surface area contributed by atoms with Gasteiger partial charge in [-0.3, -0.25) is 15.0 Å². The first kappa shape index (κ1) is 21.8. The molecule has 0 aliphatic carbocycles. The van der Waals surface area contributed by atoms with E-state index in [1.165, 1.54) is 12.1 Å². The molecule has 9 nitrogen and oxygen atoms in total. The van der Waals surface area contributed by atoms with Gasteiger partial charge in [-0.25, -0.2) is 4.99 Å². The van der Waals surface area contributed by atoms with Gasteiger partial charge in [-0.1, -0.05) is 12.1 Å². The smallest absolute Gasteiger partial charge is 0.269 e. The Balaban J connectivity index is 1.57. The maximum atomic E-state index is 10.8. The zero-order chi connectivity index (χ0) is 21.2. The molecule has 1 aromatic heterocycles. The normalized spacial score (nSPS) is 15.2. The standard InChI is InChI=1S/C21H29N5O4/c1-24(17-20-4-2-13-30-20)21(22-9-3-10-25-11-14-29-15-12-25)23-16-18-5-7-19(8-6-18)26(27)28/h2,4-8,13H,3,9-12,14-17H2,1H3,(H,22,23). The van der Waals surface area contributed by atoms with Crippen LogP contribution in [-0.4, -0.2) is 67.1 Å². The van der Waals surface area contributed by atoms with Gasteiger partial charge in [-0.05, 0) is 30.7 Å². The van der Waals surface area contributed by atoms with Crippen LogP contribution >= 0.6 is 0 Å². The number of morpholine rings is 1. The van der Waals surface area contributed by atoms with Crippen molar-refractivity contribution in [1.29, 1.82) is 0 Å². The summed E-state index contributed by atoms with van der Waals surface area (Å²) in [6.07, 6.45) is 2.66. The van der Waals surface area contributed by atoms with Gasteiger partial charge >= 0.3 is 0 Å². The lowest BCUT2D eigenvalue weighted by Gasteiger charge is -2.27. The monoisotopic (exact) mass is 415 g/mol. The highest BCUT2D eigenvalue weighted by Gasteiger charge is 2.12. The topological polar surface area (TPSA) is 96.4 Å². The Morgan fingerprint density at radius 3 is 2.70 bits per heavy atom. The Hall–Kier alpha value is -2.91. The summed E-state index contributed by atoms with van der Waals surface area (Å²) < 4.78 is 10.8. The van der Waals surface area contributed by atoms with E-state index in [9.17, 15) is 10.1 Å². The van der Waals surface area contributed by atoms with Crippen molar-refractivity contribution in [2.45, 2.75) is 19.5 Å². The highest BCUT2D eigenvalue weighted by molar-refractivity contribution is 5.79. The molecule has 1 aromatic carbocycles. The summed E-state index contributed by atoms with van der Waals surface area (Å²) in [6.45, 7) is 6.45. The minimum atomic E-state index is -0.397. The molecule has 3 rings (SSSR count). The average molecular weight is 415 g/mol. The molecule has 2 heterocycles. The lowest BCUT2D eigenvalue weighted by molar-refractivity contribution is -0.384. The molecule has 0 unspecified atom stereocenters. The Labute approximate surface area is 176 Å². The van der Waals surface area contributed by atoms with Gasteiger partial charge in [0.2, 0.25) is 0 Å². The molecular weight excluding hydrogens is 386 g/mol. The van der Waals surface area contributed by atoms with Crippen LogP contribution in [0, 0.1) is 10.1 Å². The second-order valence-corrected chi connectivity index (χ2v) is 7.23. The number of non-ortho nitro benzene ring substituents is 1. The molecule has 1 N–H and O–H groups in total. The first-order chi connectivity index (χ1) is 14.6. The molecule has 1 aliphatic heterocycles. The zero-order valence-electron chi connectivity index (χ0n) is 17.3. The Morgan fingerprint density at radius 2 is 2.03 bits per heavy atom. The number of benzene rings is 1. The van der Waals surface area contributed by atoms with Gasteiger partial charge in [0.1, 0.15) is 5.76 Å². The van der Waals surface area contributed by atoms with E-state index < -0.39 is 4.92 Å². The van der Waals surface area contributed by atoms with Crippen molar-refractivity contribution in [3.63, 3.8) is 0 Å². The number of hydrogen-bond acceptors (Lipinski definition) is 6. The Morgan fingerprint density at radius 1 is 1.27 bits per heavy atom. The minimum absolute atomic E-state index is 0.0825. The summed E-state index contributed by atoms with van der Waals surface area (Å²) in [6, 6.07) is 10.3. The SMILES string of the molecule is CN(Cc1ccco1)C(=NCc1ccc([N+](=O)[O-])cc1)NCCCN1CCOCC1. The fourth-order valence-electron chi connectivity index (χ4n) is 3.24. The van der Waals surface area contributed by atoms with Crippen LogP contribution in [0.5, 0.6) is 0 Å². The van der Waals surface area contributed by atoms with Crippen LogP contribution in [0.3, 0.4) is 0 Å². The van der Waals surface area contributed by atoms with E-state index in [4.69, 9.17) is 14.1 Å². The van der Waals surface area contributed by atoms with Crippen molar-refractivity contribution in [1.82, 2.24) is 15.1 Å². The van der Waals surface area contributed by atoms with Crippen LogP contribution < -0.4 is 5.32 Å². The molecule has 1 saturated heterocycles. The van der Waals surface area contributed by atoms with Gasteiger partial charge in [-0.2, -0.15) is 0 Å². The highest BCUT2D eigenvalue weighted by atomic mass is 16.6. The summed E-state index contributed by atoms with van der Waals surface area (Å²) in [5, 5.41) is 14.3. The summed E-state index contributed by atoms with van der Waals surface area (Å²) >= 11 is 0. The number of nitro groups is 1. The molecule has 0 spiro atoms. The fourth-order valence-corrected chi connectivity index (χ4v) is 3.24. The quantitative estimate of drug-likeness (QED) is 0.221. The van der Waals surface area contributed by atoms with E-state index in [1.54, 1.807) is 18.4 Å². The minimum Gasteiger partial charge on any atom is -0.467 e. The predicted molar refractivity (Wildman–Crippen MR) is 114 cm³/mol. The first-order valence-electron chi connectivity index (χ1n) is 10.2. The maximum absolute atomic E-state index is 10.8. The van der Waals surface area contributed by atoms with Crippen LogP contribution in [0.1, 0.15) is 17.7 Å². The number of furan rings is 1. The average Bonchev–Trinajstić information content (AvgIpc) is 3.27. The Kier molecular flexibility index (Phi) is 8.22. The fraction of sp³-hybridized carbons (Fsp3) is 0.476. The van der Waals surface area contributed by atoms with E-state index in [2.05, 4.69) is 10.2 Å². The van der Waals surface area contributed by atoms with E-state index in [-0.39, 0.29) is 5.69 Å². The summed E-state index contributed by atoms with van der Waals surface area (Å²) in [4.78, 5) is 19.6. The largest absolute Gasteiger partial charge is 0.467 e. The number of guanidine groups is 1. The third-order valence-electron chi connectivity index (χ3n) is 4.93. The van der Waals surface area contributed by atoms with Crippen LogP contribution in [0.4, 0.5) is 5.69 Å². The molecule has 1 fully saturated rings. The van der Waals surface area contributed by atoms with Crippen LogP contribution in [0.2, 0.25) is 0 Å². The molecule has 0 amide bonds. The van der Waals surface area contributed by atoms with Crippen molar-refractivity contribution < 1.29 is 14.1 Å². The number of nitrogens with zero attached hydrogens (tertiary/aromatic N) is 4. The highest BCUT2D eigenvalue weighted by Crippen LogP contribution is 2.13. The van der Waals surface area contributed by atoms with Gasteiger partial charge in [0, 0.05) is 38.8 Å². The van der Waals surface area contributed by atoms with Crippen molar-refractivity contribution in [3.8, 4) is 0 Å². The molecule has 0 saturated carbocycles. The van der Waals surface area contributed by atoms with Crippen molar-refractivity contribution in [2.75, 3.05) is 46.4 Å². The van der Waals surface area contributed by atoms with E-state index in [0.29, 0.717) is 13.1 Å². The predicted octanol–water partition coefficient (Wildman–Crippen LogP) is 2.49. The number of ether oxygens (including phenoxy) is 1. The van der Waals surface area contributed by atoms with Crippen molar-refractivity contribution >= 4 is 11.6 Å². The molecule has 1 aliphatic rings. The molecular formula is C21H29N5O4. The molecule has 0 radical (unpaired) electrons. The zero-order valence-corrected chi connectivity index (χ0v) is 17.3. The van der Waals surface area contributed by atoms with Crippen LogP contribution in [0.15, 0.2) is 52.1 Å². The molecule has 2 aromatic rings. The number of nitro benzene ring substituents is 1. The Bertz CT molecular complexity index is 801. The van der Waals surface area contributed by atoms with Gasteiger partial charge in [0.05, 0.1) is 37.5 Å². The number of nitrogens with one attached hydrogen (secondary N) is 1. The van der Waals surface area contributed by atoms with Gasteiger partial charge in [0.15, 0.2) is 5.96 Å². The second-order valence-electron chi connectivity index (χ2n) is 7.23. The van der Waals surface area contributed by atoms with Crippen LogP contribution in [0.25, 0.3) is 0 Å². The molecule has 162 valence electrons.